The summed E-state index contributed by atoms with van der Waals surface area (Å²) in [4.78, 5) is 0. The monoisotopic (exact) mass is 274 g/mol. The Morgan fingerprint density at radius 2 is 1.90 bits per heavy atom. The Kier molecular flexibility index (Phi) is 4.40. The lowest BCUT2D eigenvalue weighted by Crippen LogP contribution is -2.05. The van der Waals surface area contributed by atoms with Crippen LogP contribution in [0.1, 0.15) is 35.3 Å². The van der Waals surface area contributed by atoms with Crippen LogP contribution in [-0.4, -0.2) is 11.7 Å². The minimum atomic E-state index is -0.823. The van der Waals surface area contributed by atoms with Crippen molar-refractivity contribution in [1.29, 1.82) is 0 Å². The van der Waals surface area contributed by atoms with Crippen LogP contribution in [0, 0.1) is 19.7 Å². The molecule has 3 heteroatoms. The molecule has 1 N–H and O–H groups in total. The average Bonchev–Trinajstić information content (AvgIpc) is 2.43. The Labute approximate surface area is 118 Å². The molecule has 0 aromatic heterocycles. The number of ether oxygens (including phenoxy) is 1. The fraction of sp³-hybridized carbons (Fsp3) is 0.294. The number of benzene rings is 2. The zero-order valence-electron chi connectivity index (χ0n) is 12.0. The number of aliphatic hydroxyl groups is 1. The normalized spacial score (nSPS) is 12.2. The van der Waals surface area contributed by atoms with E-state index in [-0.39, 0.29) is 5.82 Å². The van der Waals surface area contributed by atoms with E-state index in [1.165, 1.54) is 6.07 Å². The van der Waals surface area contributed by atoms with Crippen LogP contribution < -0.4 is 4.74 Å². The van der Waals surface area contributed by atoms with Gasteiger partial charge in [-0.25, -0.2) is 4.39 Å². The van der Waals surface area contributed by atoms with Crippen LogP contribution in [0.15, 0.2) is 36.4 Å². The molecule has 2 rings (SSSR count). The van der Waals surface area contributed by atoms with Gasteiger partial charge in [-0.05, 0) is 50.1 Å². The lowest BCUT2D eigenvalue weighted by Gasteiger charge is -2.17. The number of aryl methyl sites for hydroxylation is 2. The van der Waals surface area contributed by atoms with Gasteiger partial charge < -0.3 is 9.84 Å². The molecule has 2 aromatic carbocycles. The van der Waals surface area contributed by atoms with Crippen molar-refractivity contribution in [2.24, 2.45) is 0 Å². The van der Waals surface area contributed by atoms with Gasteiger partial charge in [-0.2, -0.15) is 0 Å². The van der Waals surface area contributed by atoms with Gasteiger partial charge in [0.15, 0.2) is 0 Å². The fourth-order valence-electron chi connectivity index (χ4n) is 2.19. The minimum Gasteiger partial charge on any atom is -0.493 e. The number of hydrogen-bond donors (Lipinski definition) is 1. The van der Waals surface area contributed by atoms with E-state index in [9.17, 15) is 9.50 Å². The predicted molar refractivity (Wildman–Crippen MR) is 77.5 cm³/mol. The summed E-state index contributed by atoms with van der Waals surface area (Å²) in [6.07, 6.45) is -0.823. The highest BCUT2D eigenvalue weighted by atomic mass is 19.1. The van der Waals surface area contributed by atoms with Crippen molar-refractivity contribution in [3.05, 3.63) is 64.5 Å². The van der Waals surface area contributed by atoms with Crippen LogP contribution >= 0.6 is 0 Å². The first-order valence-corrected chi connectivity index (χ1v) is 6.70. The molecule has 1 atom stereocenters. The molecule has 0 amide bonds. The second-order valence-corrected chi connectivity index (χ2v) is 4.89. The standard InChI is InChI=1S/C17H19FO2/c1-4-20-16-8-5-11(2)9-14(16)17(19)13-6-7-15(18)12(3)10-13/h5-10,17,19H,4H2,1-3H3. The number of hydrogen-bond acceptors (Lipinski definition) is 2. The van der Waals surface area contributed by atoms with E-state index in [4.69, 9.17) is 4.74 Å². The summed E-state index contributed by atoms with van der Waals surface area (Å²) in [6, 6.07) is 10.3. The Bertz CT molecular complexity index is 608. The molecule has 0 aliphatic heterocycles. The minimum absolute atomic E-state index is 0.268. The third-order valence-corrected chi connectivity index (χ3v) is 3.26. The van der Waals surface area contributed by atoms with Crippen molar-refractivity contribution in [2.75, 3.05) is 6.61 Å². The van der Waals surface area contributed by atoms with E-state index in [0.29, 0.717) is 29.0 Å². The summed E-state index contributed by atoms with van der Waals surface area (Å²) in [5.41, 5.74) is 2.93. The van der Waals surface area contributed by atoms with E-state index in [1.54, 1.807) is 19.1 Å². The van der Waals surface area contributed by atoms with Crippen molar-refractivity contribution in [3.8, 4) is 5.75 Å². The van der Waals surface area contributed by atoms with Crippen LogP contribution in [0.2, 0.25) is 0 Å². The highest BCUT2D eigenvalue weighted by molar-refractivity contribution is 5.43. The van der Waals surface area contributed by atoms with E-state index < -0.39 is 6.10 Å². The number of rotatable bonds is 4. The molecule has 0 aliphatic carbocycles. The zero-order chi connectivity index (χ0) is 14.7. The highest BCUT2D eigenvalue weighted by Crippen LogP contribution is 2.31. The zero-order valence-corrected chi connectivity index (χ0v) is 12.0. The maximum Gasteiger partial charge on any atom is 0.126 e. The van der Waals surface area contributed by atoms with Crippen LogP contribution in [0.25, 0.3) is 0 Å². The van der Waals surface area contributed by atoms with Gasteiger partial charge in [0.25, 0.3) is 0 Å². The summed E-state index contributed by atoms with van der Waals surface area (Å²) in [7, 11) is 0. The molecule has 0 saturated carbocycles. The topological polar surface area (TPSA) is 29.5 Å². The van der Waals surface area contributed by atoms with Crippen LogP contribution in [0.5, 0.6) is 5.75 Å². The molecule has 0 saturated heterocycles. The molecule has 20 heavy (non-hydrogen) atoms. The average molecular weight is 274 g/mol. The van der Waals surface area contributed by atoms with Crippen molar-refractivity contribution in [2.45, 2.75) is 26.9 Å². The highest BCUT2D eigenvalue weighted by Gasteiger charge is 2.16. The fourth-order valence-corrected chi connectivity index (χ4v) is 2.19. The second kappa shape index (κ2) is 6.06. The summed E-state index contributed by atoms with van der Waals surface area (Å²) in [5.74, 6) is 0.391. The molecule has 2 aromatic rings. The number of halogens is 1. The van der Waals surface area contributed by atoms with Gasteiger partial charge in [-0.3, -0.25) is 0 Å². The predicted octanol–water partition coefficient (Wildman–Crippen LogP) is 3.92. The second-order valence-electron chi connectivity index (χ2n) is 4.89. The van der Waals surface area contributed by atoms with E-state index in [2.05, 4.69) is 0 Å². The van der Waals surface area contributed by atoms with Gasteiger partial charge in [0.1, 0.15) is 17.7 Å². The molecule has 106 valence electrons. The van der Waals surface area contributed by atoms with E-state index in [0.717, 1.165) is 5.56 Å². The Morgan fingerprint density at radius 1 is 1.15 bits per heavy atom. The van der Waals surface area contributed by atoms with Crippen LogP contribution in [-0.2, 0) is 0 Å². The molecule has 2 nitrogen and oxygen atoms in total. The van der Waals surface area contributed by atoms with E-state index >= 15 is 0 Å². The first kappa shape index (κ1) is 14.5. The third-order valence-electron chi connectivity index (χ3n) is 3.26. The molecule has 1 unspecified atom stereocenters. The molecule has 0 fully saturated rings. The van der Waals surface area contributed by atoms with Gasteiger partial charge >= 0.3 is 0 Å². The Morgan fingerprint density at radius 3 is 2.55 bits per heavy atom. The molecular formula is C17H19FO2. The van der Waals surface area contributed by atoms with Crippen molar-refractivity contribution < 1.29 is 14.2 Å². The molecule has 0 bridgehead atoms. The largest absolute Gasteiger partial charge is 0.493 e. The van der Waals surface area contributed by atoms with Crippen molar-refractivity contribution >= 4 is 0 Å². The molecule has 0 radical (unpaired) electrons. The van der Waals surface area contributed by atoms with Crippen LogP contribution in [0.3, 0.4) is 0 Å². The molecule has 0 spiro atoms. The Hall–Kier alpha value is -1.87. The van der Waals surface area contributed by atoms with Gasteiger partial charge in [0.2, 0.25) is 0 Å². The lowest BCUT2D eigenvalue weighted by atomic mass is 9.97. The van der Waals surface area contributed by atoms with E-state index in [1.807, 2.05) is 32.0 Å². The quantitative estimate of drug-likeness (QED) is 0.915. The van der Waals surface area contributed by atoms with Crippen molar-refractivity contribution in [1.82, 2.24) is 0 Å². The Balaban J connectivity index is 2.43. The van der Waals surface area contributed by atoms with Crippen LogP contribution in [0.4, 0.5) is 4.39 Å². The number of aliphatic hydroxyl groups excluding tert-OH is 1. The first-order valence-electron chi connectivity index (χ1n) is 6.70. The van der Waals surface area contributed by atoms with Gasteiger partial charge in [-0.15, -0.1) is 0 Å². The third kappa shape index (κ3) is 2.99. The molecular weight excluding hydrogens is 255 g/mol. The summed E-state index contributed by atoms with van der Waals surface area (Å²) >= 11 is 0. The van der Waals surface area contributed by atoms with Crippen molar-refractivity contribution in [3.63, 3.8) is 0 Å². The molecule has 0 heterocycles. The van der Waals surface area contributed by atoms with Gasteiger partial charge in [0.05, 0.1) is 6.61 Å². The van der Waals surface area contributed by atoms with Gasteiger partial charge in [0, 0.05) is 5.56 Å². The lowest BCUT2D eigenvalue weighted by molar-refractivity contribution is 0.211. The smallest absolute Gasteiger partial charge is 0.126 e. The SMILES string of the molecule is CCOc1ccc(C)cc1C(O)c1ccc(F)c(C)c1. The molecule has 0 aliphatic rings. The summed E-state index contributed by atoms with van der Waals surface area (Å²) in [6.45, 7) is 6.08. The summed E-state index contributed by atoms with van der Waals surface area (Å²) < 4.78 is 18.9. The maximum atomic E-state index is 13.3. The summed E-state index contributed by atoms with van der Waals surface area (Å²) in [5, 5.41) is 10.5. The maximum absolute atomic E-state index is 13.3. The van der Waals surface area contributed by atoms with Gasteiger partial charge in [-0.1, -0.05) is 23.8 Å². The first-order chi connectivity index (χ1) is 9.52.